The molecule has 0 fully saturated rings. The van der Waals surface area contributed by atoms with Crippen molar-refractivity contribution in [2.24, 2.45) is 0 Å². The smallest absolute Gasteiger partial charge is 0.222 e. The maximum atomic E-state index is 8.35. The van der Waals surface area contributed by atoms with Crippen molar-refractivity contribution in [2.45, 2.75) is 26.7 Å². The number of aryl methyl sites for hydroxylation is 2. The summed E-state index contributed by atoms with van der Waals surface area (Å²) in [4.78, 5) is 16.7. The van der Waals surface area contributed by atoms with Gasteiger partial charge in [0.05, 0.1) is 0 Å². The fourth-order valence-corrected chi connectivity index (χ4v) is 1.87. The molecule has 0 atom stereocenters. The van der Waals surface area contributed by atoms with Gasteiger partial charge in [-0.25, -0.2) is 20.4 Å². The van der Waals surface area contributed by atoms with Crippen LogP contribution in [-0.4, -0.2) is 12.2 Å². The third kappa shape index (κ3) is 7.11. The Balaban J connectivity index is 0.000000639. The minimum absolute atomic E-state index is 0.750. The number of benzene rings is 2. The quantitative estimate of drug-likeness (QED) is 0.654. The number of isocyanates is 2. The number of nitrogens with one attached hydrogen (secondary N) is 2. The summed E-state index contributed by atoms with van der Waals surface area (Å²) in [6.45, 7) is 4.37. The molecule has 0 saturated heterocycles. The van der Waals surface area contributed by atoms with Crippen LogP contribution in [0.2, 0.25) is 0 Å². The van der Waals surface area contributed by atoms with Crippen molar-refractivity contribution in [2.75, 3.05) is 0 Å². The molecule has 22 heavy (non-hydrogen) atoms. The van der Waals surface area contributed by atoms with Gasteiger partial charge in [-0.15, -0.1) is 0 Å². The van der Waals surface area contributed by atoms with E-state index in [0.29, 0.717) is 0 Å². The van der Waals surface area contributed by atoms with Crippen molar-refractivity contribution < 1.29 is 9.59 Å². The molecule has 4 nitrogen and oxygen atoms in total. The van der Waals surface area contributed by atoms with Crippen LogP contribution in [0.15, 0.2) is 48.5 Å². The van der Waals surface area contributed by atoms with Crippen LogP contribution in [0.3, 0.4) is 0 Å². The van der Waals surface area contributed by atoms with E-state index in [-0.39, 0.29) is 0 Å². The molecule has 0 saturated carbocycles. The van der Waals surface area contributed by atoms with E-state index in [0.717, 1.165) is 25.0 Å². The van der Waals surface area contributed by atoms with Gasteiger partial charge in [0.15, 0.2) is 0 Å². The molecule has 2 aromatic carbocycles. The predicted molar refractivity (Wildman–Crippen MR) is 87.5 cm³/mol. The first-order chi connectivity index (χ1) is 10.7. The van der Waals surface area contributed by atoms with E-state index in [9.17, 15) is 0 Å². The van der Waals surface area contributed by atoms with Crippen LogP contribution in [0.4, 0.5) is 0 Å². The number of carbonyl (C=O) groups excluding carboxylic acids is 2. The highest BCUT2D eigenvalue weighted by atomic mass is 16.1. The highest BCUT2D eigenvalue weighted by Crippen LogP contribution is 2.20. The summed E-state index contributed by atoms with van der Waals surface area (Å²) in [5, 5.41) is 10.8. The van der Waals surface area contributed by atoms with Crippen molar-refractivity contribution in [3.05, 3.63) is 59.7 Å². The van der Waals surface area contributed by atoms with Crippen LogP contribution < -0.4 is 0 Å². The van der Waals surface area contributed by atoms with Gasteiger partial charge in [-0.1, -0.05) is 62.4 Å². The Labute approximate surface area is 130 Å². The molecule has 0 unspecified atom stereocenters. The Morgan fingerprint density at radius 1 is 0.682 bits per heavy atom. The Morgan fingerprint density at radius 2 is 0.909 bits per heavy atom. The first-order valence-electron chi connectivity index (χ1n) is 6.92. The van der Waals surface area contributed by atoms with E-state index in [1.165, 1.54) is 22.3 Å². The number of hydrogen-bond donors (Lipinski definition) is 2. The van der Waals surface area contributed by atoms with Gasteiger partial charge in [0, 0.05) is 0 Å². The number of rotatable bonds is 3. The largest absolute Gasteiger partial charge is 0.231 e. The third-order valence-corrected chi connectivity index (χ3v) is 3.06. The summed E-state index contributed by atoms with van der Waals surface area (Å²) in [6, 6.07) is 17.7. The average molecular weight is 296 g/mol. The molecule has 0 spiro atoms. The van der Waals surface area contributed by atoms with E-state index in [1.54, 1.807) is 0 Å². The van der Waals surface area contributed by atoms with E-state index in [2.05, 4.69) is 62.4 Å². The van der Waals surface area contributed by atoms with Crippen molar-refractivity contribution >= 4 is 12.2 Å². The lowest BCUT2D eigenvalue weighted by atomic mass is 10.0. The van der Waals surface area contributed by atoms with Gasteiger partial charge in [-0.05, 0) is 35.1 Å². The Bertz CT molecular complexity index is 547. The van der Waals surface area contributed by atoms with E-state index in [4.69, 9.17) is 20.4 Å². The Kier molecular flexibility index (Phi) is 10.5. The molecular formula is C18H20N2O2. The first kappa shape index (κ1) is 19.2. The minimum Gasteiger partial charge on any atom is -0.222 e. The van der Waals surface area contributed by atoms with Crippen molar-refractivity contribution in [1.82, 2.24) is 0 Å². The van der Waals surface area contributed by atoms with Crippen LogP contribution >= 0.6 is 0 Å². The molecule has 0 aliphatic carbocycles. The molecule has 0 aliphatic heterocycles. The molecule has 4 heteroatoms. The summed E-state index contributed by atoms with van der Waals surface area (Å²) in [6.07, 6.45) is 3.71. The van der Waals surface area contributed by atoms with Gasteiger partial charge in [-0.3, -0.25) is 0 Å². The molecule has 0 aromatic heterocycles. The van der Waals surface area contributed by atoms with Crippen LogP contribution in [0.25, 0.3) is 11.1 Å². The monoisotopic (exact) mass is 296 g/mol. The van der Waals surface area contributed by atoms with Gasteiger partial charge in [0.2, 0.25) is 12.2 Å². The zero-order valence-corrected chi connectivity index (χ0v) is 12.8. The molecule has 0 aliphatic rings. The lowest BCUT2D eigenvalue weighted by Gasteiger charge is -2.04. The van der Waals surface area contributed by atoms with Crippen LogP contribution in [-0.2, 0) is 22.4 Å². The summed E-state index contributed by atoms with van der Waals surface area (Å²) in [5.74, 6) is 0. The topological polar surface area (TPSA) is 81.8 Å². The fraction of sp³-hybridized carbons (Fsp3) is 0.222. The SMILES string of the molecule is CCc1ccc(-c2ccc(CC)cc2)cc1.N=C=O.N=C=O. The zero-order chi connectivity index (χ0) is 16.8. The maximum Gasteiger partial charge on any atom is 0.231 e. The first-order valence-corrected chi connectivity index (χ1v) is 6.92. The Morgan fingerprint density at radius 3 is 1.09 bits per heavy atom. The summed E-state index contributed by atoms with van der Waals surface area (Å²) in [7, 11) is 0. The van der Waals surface area contributed by atoms with Crippen molar-refractivity contribution in [1.29, 1.82) is 10.8 Å². The molecular weight excluding hydrogens is 276 g/mol. The van der Waals surface area contributed by atoms with Crippen LogP contribution in [0, 0.1) is 10.8 Å². The highest BCUT2D eigenvalue weighted by molar-refractivity contribution is 5.63. The van der Waals surface area contributed by atoms with Gasteiger partial charge < -0.3 is 0 Å². The average Bonchev–Trinajstić information content (AvgIpc) is 2.56. The van der Waals surface area contributed by atoms with Crippen LogP contribution in [0.5, 0.6) is 0 Å². The van der Waals surface area contributed by atoms with Crippen LogP contribution in [0.1, 0.15) is 25.0 Å². The van der Waals surface area contributed by atoms with E-state index < -0.39 is 0 Å². The van der Waals surface area contributed by atoms with Gasteiger partial charge in [0.25, 0.3) is 0 Å². The van der Waals surface area contributed by atoms with E-state index in [1.807, 2.05) is 0 Å². The maximum absolute atomic E-state index is 8.35. The van der Waals surface area contributed by atoms with Gasteiger partial charge >= 0.3 is 0 Å². The molecule has 0 heterocycles. The molecule has 2 rings (SSSR count). The second kappa shape index (κ2) is 12.0. The lowest BCUT2D eigenvalue weighted by molar-refractivity contribution is 0.562. The fourth-order valence-electron chi connectivity index (χ4n) is 1.87. The second-order valence-electron chi connectivity index (χ2n) is 4.31. The molecule has 114 valence electrons. The van der Waals surface area contributed by atoms with Crippen molar-refractivity contribution in [3.8, 4) is 11.1 Å². The molecule has 0 amide bonds. The molecule has 2 aromatic rings. The third-order valence-electron chi connectivity index (χ3n) is 3.06. The zero-order valence-electron chi connectivity index (χ0n) is 12.8. The van der Waals surface area contributed by atoms with Gasteiger partial charge in [-0.2, -0.15) is 0 Å². The standard InChI is InChI=1S/C16H18.2CHNO/c1-3-13-5-9-15(10-6-13)16-11-7-14(4-2)8-12-16;2*2-1-3/h5-12H,3-4H2,1-2H3;2*2H. The van der Waals surface area contributed by atoms with Crippen molar-refractivity contribution in [3.63, 3.8) is 0 Å². The summed E-state index contributed by atoms with van der Waals surface area (Å²) in [5.41, 5.74) is 5.41. The number of hydrogen-bond acceptors (Lipinski definition) is 4. The van der Waals surface area contributed by atoms with Gasteiger partial charge in [0.1, 0.15) is 0 Å². The lowest BCUT2D eigenvalue weighted by Crippen LogP contribution is -1.83. The molecule has 0 bridgehead atoms. The highest BCUT2D eigenvalue weighted by Gasteiger charge is 1.97. The van der Waals surface area contributed by atoms with E-state index >= 15 is 0 Å². The predicted octanol–water partition coefficient (Wildman–Crippen LogP) is 4.28. The Hall–Kier alpha value is -2.80. The summed E-state index contributed by atoms with van der Waals surface area (Å²) >= 11 is 0. The summed E-state index contributed by atoms with van der Waals surface area (Å²) < 4.78 is 0. The minimum atomic E-state index is 0.750. The molecule has 2 N–H and O–H groups in total. The normalized spacial score (nSPS) is 8.27. The molecule has 0 radical (unpaired) electrons. The second-order valence-corrected chi connectivity index (χ2v) is 4.31.